The zero-order chi connectivity index (χ0) is 10.1. The van der Waals surface area contributed by atoms with E-state index in [0.717, 1.165) is 0 Å². The highest BCUT2D eigenvalue weighted by Crippen LogP contribution is 2.14. The Morgan fingerprint density at radius 2 is 2.36 bits per heavy atom. The second kappa shape index (κ2) is 3.10. The molecule has 0 amide bonds. The van der Waals surface area contributed by atoms with Crippen molar-refractivity contribution in [1.29, 1.82) is 0 Å². The summed E-state index contributed by atoms with van der Waals surface area (Å²) in [6, 6.07) is 4.11. The zero-order valence-corrected chi connectivity index (χ0v) is 7.14. The lowest BCUT2D eigenvalue weighted by molar-refractivity contribution is -0.137. The molecule has 0 saturated heterocycles. The molecule has 0 unspecified atom stereocenters. The number of benzene rings is 1. The first-order chi connectivity index (χ1) is 6.66. The van der Waals surface area contributed by atoms with Gasteiger partial charge >= 0.3 is 5.97 Å². The Morgan fingerprint density at radius 1 is 1.57 bits per heavy atom. The van der Waals surface area contributed by atoms with Crippen LogP contribution in [0.15, 0.2) is 24.4 Å². The number of rotatable bonds is 2. The van der Waals surface area contributed by atoms with Crippen LogP contribution in [0.5, 0.6) is 0 Å². The first kappa shape index (κ1) is 8.68. The molecule has 0 saturated carbocycles. The van der Waals surface area contributed by atoms with Gasteiger partial charge in [0, 0.05) is 5.39 Å². The molecule has 2 aromatic rings. The SMILES string of the molecule is O=C(O)Cn1ncc2cc(F)ccc21. The first-order valence-electron chi connectivity index (χ1n) is 4.00. The van der Waals surface area contributed by atoms with Crippen molar-refractivity contribution in [2.24, 2.45) is 0 Å². The Hall–Kier alpha value is -1.91. The molecular formula is C9H7FN2O2. The molecule has 14 heavy (non-hydrogen) atoms. The highest BCUT2D eigenvalue weighted by atomic mass is 19.1. The maximum absolute atomic E-state index is 12.8. The summed E-state index contributed by atoms with van der Waals surface area (Å²) in [7, 11) is 0. The van der Waals surface area contributed by atoms with Crippen LogP contribution in [0.4, 0.5) is 4.39 Å². The van der Waals surface area contributed by atoms with Gasteiger partial charge in [0.1, 0.15) is 12.4 Å². The number of halogens is 1. The van der Waals surface area contributed by atoms with Gasteiger partial charge in [-0.3, -0.25) is 9.48 Å². The average molecular weight is 194 g/mol. The van der Waals surface area contributed by atoms with Crippen LogP contribution in [-0.4, -0.2) is 20.9 Å². The highest BCUT2D eigenvalue weighted by molar-refractivity contribution is 5.80. The van der Waals surface area contributed by atoms with Crippen molar-refractivity contribution in [3.05, 3.63) is 30.2 Å². The highest BCUT2D eigenvalue weighted by Gasteiger charge is 2.06. The molecule has 1 N–H and O–H groups in total. The number of hydrogen-bond acceptors (Lipinski definition) is 2. The predicted molar refractivity (Wildman–Crippen MR) is 47.3 cm³/mol. The van der Waals surface area contributed by atoms with E-state index in [1.165, 1.54) is 29.1 Å². The fourth-order valence-corrected chi connectivity index (χ4v) is 1.31. The van der Waals surface area contributed by atoms with Crippen molar-refractivity contribution in [1.82, 2.24) is 9.78 Å². The van der Waals surface area contributed by atoms with E-state index in [2.05, 4.69) is 5.10 Å². The van der Waals surface area contributed by atoms with Gasteiger partial charge in [0.25, 0.3) is 0 Å². The lowest BCUT2D eigenvalue weighted by atomic mass is 10.2. The fraction of sp³-hybridized carbons (Fsp3) is 0.111. The van der Waals surface area contributed by atoms with Gasteiger partial charge in [-0.1, -0.05) is 0 Å². The Kier molecular flexibility index (Phi) is 1.92. The summed E-state index contributed by atoms with van der Waals surface area (Å²) in [6.45, 7) is -0.213. The Morgan fingerprint density at radius 3 is 3.07 bits per heavy atom. The molecular weight excluding hydrogens is 187 g/mol. The van der Waals surface area contributed by atoms with Crippen LogP contribution >= 0.6 is 0 Å². The van der Waals surface area contributed by atoms with E-state index >= 15 is 0 Å². The van der Waals surface area contributed by atoms with Crippen molar-refractivity contribution in [2.75, 3.05) is 0 Å². The molecule has 0 aliphatic carbocycles. The third-order valence-electron chi connectivity index (χ3n) is 1.89. The van der Waals surface area contributed by atoms with E-state index in [1.807, 2.05) is 0 Å². The second-order valence-electron chi connectivity index (χ2n) is 2.90. The van der Waals surface area contributed by atoms with Crippen LogP contribution in [-0.2, 0) is 11.3 Å². The summed E-state index contributed by atoms with van der Waals surface area (Å²) in [5.41, 5.74) is 0.619. The van der Waals surface area contributed by atoms with Crippen LogP contribution in [0.25, 0.3) is 10.9 Å². The topological polar surface area (TPSA) is 55.1 Å². The molecule has 0 atom stereocenters. The van der Waals surface area contributed by atoms with E-state index in [9.17, 15) is 9.18 Å². The molecule has 0 radical (unpaired) electrons. The maximum Gasteiger partial charge on any atom is 0.325 e. The summed E-state index contributed by atoms with van der Waals surface area (Å²) in [6.07, 6.45) is 1.45. The van der Waals surface area contributed by atoms with Crippen LogP contribution < -0.4 is 0 Å². The largest absolute Gasteiger partial charge is 0.480 e. The lowest BCUT2D eigenvalue weighted by Gasteiger charge is -1.98. The van der Waals surface area contributed by atoms with Crippen LogP contribution in [0.2, 0.25) is 0 Å². The monoisotopic (exact) mass is 194 g/mol. The van der Waals surface area contributed by atoms with Crippen LogP contribution in [0.3, 0.4) is 0 Å². The third kappa shape index (κ3) is 1.44. The van der Waals surface area contributed by atoms with Gasteiger partial charge in [-0.05, 0) is 18.2 Å². The van der Waals surface area contributed by atoms with Gasteiger partial charge in [0.2, 0.25) is 0 Å². The Labute approximate surface area is 78.6 Å². The van der Waals surface area contributed by atoms with Crippen LogP contribution in [0.1, 0.15) is 0 Å². The van der Waals surface area contributed by atoms with Crippen molar-refractivity contribution < 1.29 is 14.3 Å². The molecule has 0 spiro atoms. The van der Waals surface area contributed by atoms with Gasteiger partial charge in [-0.2, -0.15) is 5.10 Å². The molecule has 0 bridgehead atoms. The van der Waals surface area contributed by atoms with Gasteiger partial charge in [-0.15, -0.1) is 0 Å². The lowest BCUT2D eigenvalue weighted by Crippen LogP contribution is -2.09. The smallest absolute Gasteiger partial charge is 0.325 e. The van der Waals surface area contributed by atoms with E-state index < -0.39 is 5.97 Å². The quantitative estimate of drug-likeness (QED) is 0.782. The summed E-state index contributed by atoms with van der Waals surface area (Å²) in [5.74, 6) is -1.33. The molecule has 0 aliphatic rings. The fourth-order valence-electron chi connectivity index (χ4n) is 1.31. The minimum Gasteiger partial charge on any atom is -0.480 e. The van der Waals surface area contributed by atoms with Gasteiger partial charge < -0.3 is 5.11 Å². The molecule has 1 heterocycles. The molecule has 5 heteroatoms. The number of nitrogens with zero attached hydrogens (tertiary/aromatic N) is 2. The molecule has 1 aromatic carbocycles. The number of fused-ring (bicyclic) bond motifs is 1. The zero-order valence-electron chi connectivity index (χ0n) is 7.14. The molecule has 72 valence electrons. The van der Waals surface area contributed by atoms with E-state index in [1.54, 1.807) is 0 Å². The number of aromatic nitrogens is 2. The van der Waals surface area contributed by atoms with Crippen molar-refractivity contribution in [3.63, 3.8) is 0 Å². The summed E-state index contributed by atoms with van der Waals surface area (Å²) < 4.78 is 14.1. The van der Waals surface area contributed by atoms with Gasteiger partial charge in [0.15, 0.2) is 0 Å². The van der Waals surface area contributed by atoms with E-state index in [0.29, 0.717) is 10.9 Å². The minimum absolute atomic E-state index is 0.213. The third-order valence-corrected chi connectivity index (χ3v) is 1.89. The maximum atomic E-state index is 12.8. The predicted octanol–water partition coefficient (Wildman–Crippen LogP) is 1.26. The number of aliphatic carboxylic acids is 1. The number of carboxylic acids is 1. The standard InChI is InChI=1S/C9H7FN2O2/c10-7-1-2-8-6(3-7)4-11-12(8)5-9(13)14/h1-4H,5H2,(H,13,14). The molecule has 0 aliphatic heterocycles. The summed E-state index contributed by atoms with van der Waals surface area (Å²) in [4.78, 5) is 10.4. The van der Waals surface area contributed by atoms with Gasteiger partial charge in [0.05, 0.1) is 11.7 Å². The molecule has 2 rings (SSSR count). The Bertz CT molecular complexity index is 493. The van der Waals surface area contributed by atoms with Crippen molar-refractivity contribution in [2.45, 2.75) is 6.54 Å². The number of carbonyl (C=O) groups is 1. The minimum atomic E-state index is -0.973. The second-order valence-corrected chi connectivity index (χ2v) is 2.90. The summed E-state index contributed by atoms with van der Waals surface area (Å²) >= 11 is 0. The van der Waals surface area contributed by atoms with E-state index in [4.69, 9.17) is 5.11 Å². The van der Waals surface area contributed by atoms with Crippen molar-refractivity contribution in [3.8, 4) is 0 Å². The van der Waals surface area contributed by atoms with Gasteiger partial charge in [-0.25, -0.2) is 4.39 Å². The number of carboxylic acid groups (broad SMARTS) is 1. The average Bonchev–Trinajstić information content (AvgIpc) is 2.47. The number of hydrogen-bond donors (Lipinski definition) is 1. The van der Waals surface area contributed by atoms with Crippen molar-refractivity contribution >= 4 is 16.9 Å². The normalized spacial score (nSPS) is 10.6. The van der Waals surface area contributed by atoms with E-state index in [-0.39, 0.29) is 12.4 Å². The summed E-state index contributed by atoms with van der Waals surface area (Å²) in [5, 5.41) is 13.0. The van der Waals surface area contributed by atoms with Crippen LogP contribution in [0, 0.1) is 5.82 Å². The molecule has 4 nitrogen and oxygen atoms in total. The molecule has 0 fully saturated rings. The Balaban J connectivity index is 2.52. The molecule has 1 aromatic heterocycles. The first-order valence-corrected chi connectivity index (χ1v) is 4.00.